The Kier molecular flexibility index (Phi) is 4.28. The highest BCUT2D eigenvalue weighted by Gasteiger charge is 2.40. The number of aliphatic hydroxyl groups excluding tert-OH is 1. The lowest BCUT2D eigenvalue weighted by atomic mass is 10.2. The van der Waals surface area contributed by atoms with Gasteiger partial charge in [-0.25, -0.2) is 4.68 Å². The first-order valence-corrected chi connectivity index (χ1v) is 5.22. The molecule has 3 N–H and O–H groups in total. The smallest absolute Gasteiger partial charge is 0.393 e. The van der Waals surface area contributed by atoms with Crippen molar-refractivity contribution in [3.8, 4) is 0 Å². The number of rotatable bonds is 5. The van der Waals surface area contributed by atoms with Gasteiger partial charge in [0.05, 0.1) is 6.10 Å². The molecule has 0 aliphatic heterocycles. The van der Waals surface area contributed by atoms with Gasteiger partial charge in [0, 0.05) is 6.54 Å². The van der Waals surface area contributed by atoms with Crippen molar-refractivity contribution in [3.63, 3.8) is 0 Å². The number of aryl methyl sites for hydroxylation is 1. The van der Waals surface area contributed by atoms with E-state index in [2.05, 4.69) is 10.3 Å². The van der Waals surface area contributed by atoms with Gasteiger partial charge in [-0.15, -0.1) is 5.10 Å². The first kappa shape index (κ1) is 14.4. The maximum absolute atomic E-state index is 12.7. The molecule has 0 radical (unpaired) electrons. The number of carbonyl (C=O) groups excluding carboxylic acids is 1. The number of nitrogens with zero attached hydrogens (tertiary/aromatic N) is 3. The second-order valence-corrected chi connectivity index (χ2v) is 3.86. The second kappa shape index (κ2) is 5.34. The molecule has 1 atom stereocenters. The minimum Gasteiger partial charge on any atom is -0.393 e. The number of amides is 1. The monoisotopic (exact) mass is 266 g/mol. The Morgan fingerprint density at radius 1 is 1.56 bits per heavy atom. The van der Waals surface area contributed by atoms with Crippen LogP contribution in [0.2, 0.25) is 0 Å². The van der Waals surface area contributed by atoms with Crippen molar-refractivity contribution in [3.05, 3.63) is 11.4 Å². The minimum atomic E-state index is -4.75. The van der Waals surface area contributed by atoms with E-state index in [-0.39, 0.29) is 13.0 Å². The lowest BCUT2D eigenvalue weighted by molar-refractivity contribution is -0.144. The maximum atomic E-state index is 12.7. The molecular formula is C9H13F3N4O2. The summed E-state index contributed by atoms with van der Waals surface area (Å²) in [6.07, 6.45) is -4.76. The molecule has 102 valence electrons. The highest BCUT2D eigenvalue weighted by atomic mass is 19.4. The third kappa shape index (κ3) is 3.42. The molecule has 1 amide bonds. The molecule has 0 saturated heterocycles. The Balaban J connectivity index is 2.95. The van der Waals surface area contributed by atoms with E-state index in [4.69, 9.17) is 10.8 Å². The van der Waals surface area contributed by atoms with Crippen LogP contribution >= 0.6 is 0 Å². The summed E-state index contributed by atoms with van der Waals surface area (Å²) in [6.45, 7) is 1.43. The van der Waals surface area contributed by atoms with Crippen molar-refractivity contribution in [2.24, 2.45) is 5.73 Å². The van der Waals surface area contributed by atoms with E-state index < -0.39 is 29.6 Å². The van der Waals surface area contributed by atoms with Crippen LogP contribution in [-0.4, -0.2) is 32.1 Å². The van der Waals surface area contributed by atoms with Crippen LogP contribution in [-0.2, 0) is 12.7 Å². The predicted molar refractivity (Wildman–Crippen MR) is 54.5 cm³/mol. The summed E-state index contributed by atoms with van der Waals surface area (Å²) < 4.78 is 38.8. The quantitative estimate of drug-likeness (QED) is 0.814. The van der Waals surface area contributed by atoms with Crippen LogP contribution in [0.25, 0.3) is 0 Å². The number of primary amides is 1. The zero-order valence-corrected chi connectivity index (χ0v) is 9.61. The van der Waals surface area contributed by atoms with Gasteiger partial charge in [-0.1, -0.05) is 5.21 Å². The molecule has 9 heteroatoms. The fourth-order valence-corrected chi connectivity index (χ4v) is 1.45. The number of halogens is 3. The number of carbonyl (C=O) groups is 1. The van der Waals surface area contributed by atoms with Gasteiger partial charge in [0.15, 0.2) is 11.4 Å². The van der Waals surface area contributed by atoms with Crippen molar-refractivity contribution in [1.29, 1.82) is 0 Å². The molecule has 0 fully saturated rings. The normalized spacial score (nSPS) is 13.6. The van der Waals surface area contributed by atoms with E-state index in [1.807, 2.05) is 0 Å². The number of hydrogen-bond acceptors (Lipinski definition) is 4. The molecule has 0 aliphatic carbocycles. The first-order valence-electron chi connectivity index (χ1n) is 5.22. The van der Waals surface area contributed by atoms with E-state index in [0.29, 0.717) is 11.1 Å². The zero-order chi connectivity index (χ0) is 13.9. The van der Waals surface area contributed by atoms with Crippen LogP contribution < -0.4 is 5.73 Å². The topological polar surface area (TPSA) is 94.0 Å². The van der Waals surface area contributed by atoms with Gasteiger partial charge in [-0.2, -0.15) is 13.2 Å². The van der Waals surface area contributed by atoms with Crippen LogP contribution in [0.1, 0.15) is 35.9 Å². The van der Waals surface area contributed by atoms with Gasteiger partial charge in [-0.05, 0) is 19.8 Å². The molecule has 1 aromatic rings. The van der Waals surface area contributed by atoms with Crippen molar-refractivity contribution in [2.75, 3.05) is 0 Å². The highest BCUT2D eigenvalue weighted by Crippen LogP contribution is 2.31. The fraction of sp³-hybridized carbons (Fsp3) is 0.667. The molecule has 1 unspecified atom stereocenters. The summed E-state index contributed by atoms with van der Waals surface area (Å²) in [4.78, 5) is 10.8. The Bertz CT molecular complexity index is 428. The molecular weight excluding hydrogens is 253 g/mol. The van der Waals surface area contributed by atoms with Crippen molar-refractivity contribution in [2.45, 2.75) is 38.6 Å². The summed E-state index contributed by atoms with van der Waals surface area (Å²) >= 11 is 0. The number of nitrogens with two attached hydrogens (primary N) is 1. The third-order valence-corrected chi connectivity index (χ3v) is 2.23. The molecule has 1 aromatic heterocycles. The largest absolute Gasteiger partial charge is 0.435 e. The first-order chi connectivity index (χ1) is 8.23. The Labute approximate surface area is 101 Å². The van der Waals surface area contributed by atoms with E-state index in [0.717, 1.165) is 0 Å². The van der Waals surface area contributed by atoms with E-state index >= 15 is 0 Å². The molecule has 0 saturated carbocycles. The van der Waals surface area contributed by atoms with Gasteiger partial charge in [0.2, 0.25) is 0 Å². The van der Waals surface area contributed by atoms with Gasteiger partial charge >= 0.3 is 6.18 Å². The summed E-state index contributed by atoms with van der Waals surface area (Å²) in [6, 6.07) is 0. The molecule has 1 rings (SSSR count). The molecule has 0 aliphatic rings. The number of hydrogen-bond donors (Lipinski definition) is 2. The standard InChI is InChI=1S/C9H13F3N4O2/c1-5(17)3-2-4-16-7(9(10,11)12)6(8(13)18)14-15-16/h5,17H,2-4H2,1H3,(H2,13,18). The third-order valence-electron chi connectivity index (χ3n) is 2.23. The Hall–Kier alpha value is -1.64. The highest BCUT2D eigenvalue weighted by molar-refractivity contribution is 5.91. The Morgan fingerprint density at radius 2 is 2.17 bits per heavy atom. The molecule has 18 heavy (non-hydrogen) atoms. The van der Waals surface area contributed by atoms with Crippen molar-refractivity contribution in [1.82, 2.24) is 15.0 Å². The average molecular weight is 266 g/mol. The number of aromatic nitrogens is 3. The zero-order valence-electron chi connectivity index (χ0n) is 9.61. The van der Waals surface area contributed by atoms with E-state index in [1.165, 1.54) is 6.92 Å². The van der Waals surface area contributed by atoms with Gasteiger partial charge < -0.3 is 10.8 Å². The van der Waals surface area contributed by atoms with Gasteiger partial charge in [-0.3, -0.25) is 4.79 Å². The average Bonchev–Trinajstić information content (AvgIpc) is 2.60. The van der Waals surface area contributed by atoms with Crippen LogP contribution in [0.5, 0.6) is 0 Å². The van der Waals surface area contributed by atoms with E-state index in [9.17, 15) is 18.0 Å². The van der Waals surface area contributed by atoms with E-state index in [1.54, 1.807) is 0 Å². The van der Waals surface area contributed by atoms with Crippen molar-refractivity contribution >= 4 is 5.91 Å². The summed E-state index contributed by atoms with van der Waals surface area (Å²) in [5.41, 5.74) is 2.67. The van der Waals surface area contributed by atoms with Gasteiger partial charge in [0.25, 0.3) is 5.91 Å². The maximum Gasteiger partial charge on any atom is 0.435 e. The van der Waals surface area contributed by atoms with Crippen LogP contribution in [0.15, 0.2) is 0 Å². The molecule has 0 bridgehead atoms. The summed E-state index contributed by atoms with van der Waals surface area (Å²) in [7, 11) is 0. The summed E-state index contributed by atoms with van der Waals surface area (Å²) in [5, 5.41) is 15.4. The number of alkyl halides is 3. The fourth-order valence-electron chi connectivity index (χ4n) is 1.45. The number of aliphatic hydroxyl groups is 1. The molecule has 6 nitrogen and oxygen atoms in total. The predicted octanol–water partition coefficient (Wildman–Crippen LogP) is 0.557. The lowest BCUT2D eigenvalue weighted by Crippen LogP contribution is -2.22. The Morgan fingerprint density at radius 3 is 2.61 bits per heavy atom. The van der Waals surface area contributed by atoms with Crippen LogP contribution in [0.3, 0.4) is 0 Å². The molecule has 1 heterocycles. The lowest BCUT2D eigenvalue weighted by Gasteiger charge is -2.10. The molecule has 0 spiro atoms. The summed E-state index contributed by atoms with van der Waals surface area (Å²) in [5.74, 6) is -1.27. The van der Waals surface area contributed by atoms with Crippen molar-refractivity contribution < 1.29 is 23.1 Å². The van der Waals surface area contributed by atoms with Crippen LogP contribution in [0, 0.1) is 0 Å². The SMILES string of the molecule is CC(O)CCCn1nnc(C(N)=O)c1C(F)(F)F. The van der Waals surface area contributed by atoms with Crippen LogP contribution in [0.4, 0.5) is 13.2 Å². The minimum absolute atomic E-state index is 0.0972. The van der Waals surface area contributed by atoms with Gasteiger partial charge in [0.1, 0.15) is 0 Å². The second-order valence-electron chi connectivity index (χ2n) is 3.86. The molecule has 0 aromatic carbocycles.